The van der Waals surface area contributed by atoms with E-state index in [9.17, 15) is 13.2 Å². The molecule has 2 aromatic rings. The topological polar surface area (TPSA) is 69.7 Å². The highest BCUT2D eigenvalue weighted by atomic mass is 32.2. The lowest BCUT2D eigenvalue weighted by atomic mass is 10.1. The predicted molar refractivity (Wildman–Crippen MR) is 101 cm³/mol. The van der Waals surface area contributed by atoms with Crippen molar-refractivity contribution in [3.8, 4) is 0 Å². The number of nitrogens with zero attached hydrogens (tertiary/aromatic N) is 2. The largest absolute Gasteiger partial charge is 0.378 e. The number of carbonyl (C=O) groups excluding carboxylic acids is 1. The summed E-state index contributed by atoms with van der Waals surface area (Å²) in [5, 5.41) is 2.80. The highest BCUT2D eigenvalue weighted by Gasteiger charge is 2.19. The molecule has 0 aliphatic carbocycles. The Kier molecular flexibility index (Phi) is 5.49. The van der Waals surface area contributed by atoms with Gasteiger partial charge in [-0.3, -0.25) is 4.79 Å². The van der Waals surface area contributed by atoms with E-state index >= 15 is 0 Å². The molecule has 7 heteroatoms. The third-order valence-corrected chi connectivity index (χ3v) is 5.67. The summed E-state index contributed by atoms with van der Waals surface area (Å²) in [6.45, 7) is 1.82. The van der Waals surface area contributed by atoms with Gasteiger partial charge in [0.1, 0.15) is 0 Å². The number of hydrogen-bond donors (Lipinski definition) is 1. The second kappa shape index (κ2) is 7.25. The quantitative estimate of drug-likeness (QED) is 0.889. The fourth-order valence-electron chi connectivity index (χ4n) is 2.23. The van der Waals surface area contributed by atoms with Crippen LogP contribution < -0.4 is 10.2 Å². The van der Waals surface area contributed by atoms with Crippen LogP contribution in [0.2, 0.25) is 0 Å². The Morgan fingerprint density at radius 3 is 2.28 bits per heavy atom. The van der Waals surface area contributed by atoms with Crippen LogP contribution in [0.25, 0.3) is 0 Å². The van der Waals surface area contributed by atoms with Gasteiger partial charge in [-0.15, -0.1) is 0 Å². The van der Waals surface area contributed by atoms with Crippen molar-refractivity contribution >= 4 is 27.3 Å². The van der Waals surface area contributed by atoms with E-state index < -0.39 is 10.0 Å². The van der Waals surface area contributed by atoms with Gasteiger partial charge in [-0.25, -0.2) is 12.7 Å². The fourth-order valence-corrected chi connectivity index (χ4v) is 3.16. The van der Waals surface area contributed by atoms with Crippen LogP contribution in [-0.2, 0) is 10.0 Å². The van der Waals surface area contributed by atoms with E-state index in [2.05, 4.69) is 5.32 Å². The molecule has 2 rings (SSSR count). The average Bonchev–Trinajstić information content (AvgIpc) is 2.56. The zero-order valence-corrected chi connectivity index (χ0v) is 15.9. The van der Waals surface area contributed by atoms with Crippen molar-refractivity contribution in [1.82, 2.24) is 4.31 Å². The number of aryl methyl sites for hydroxylation is 1. The number of benzene rings is 2. The minimum atomic E-state index is -3.56. The van der Waals surface area contributed by atoms with Crippen LogP contribution >= 0.6 is 0 Å². The van der Waals surface area contributed by atoms with E-state index in [0.29, 0.717) is 11.3 Å². The Hall–Kier alpha value is -2.38. The van der Waals surface area contributed by atoms with Crippen LogP contribution in [0.5, 0.6) is 0 Å². The van der Waals surface area contributed by atoms with E-state index in [4.69, 9.17) is 0 Å². The lowest BCUT2D eigenvalue weighted by Crippen LogP contribution is -2.22. The SMILES string of the molecule is Cc1ccc(S(=O)(=O)N(C)C)cc1NC(=O)c1cccc(N(C)C)c1. The average molecular weight is 361 g/mol. The number of anilines is 2. The van der Waals surface area contributed by atoms with Gasteiger partial charge in [-0.2, -0.15) is 0 Å². The number of amides is 1. The number of carbonyl (C=O) groups is 1. The van der Waals surface area contributed by atoms with Gasteiger partial charge in [0.2, 0.25) is 10.0 Å². The van der Waals surface area contributed by atoms with Crippen LogP contribution in [0.15, 0.2) is 47.4 Å². The molecule has 0 aliphatic heterocycles. The normalized spacial score (nSPS) is 11.4. The molecule has 0 radical (unpaired) electrons. The monoisotopic (exact) mass is 361 g/mol. The van der Waals surface area contributed by atoms with Gasteiger partial charge in [0.15, 0.2) is 0 Å². The summed E-state index contributed by atoms with van der Waals surface area (Å²) >= 11 is 0. The van der Waals surface area contributed by atoms with Crippen molar-refractivity contribution in [2.24, 2.45) is 0 Å². The maximum absolute atomic E-state index is 12.5. The summed E-state index contributed by atoms with van der Waals surface area (Å²) in [5.74, 6) is -0.286. The summed E-state index contributed by atoms with van der Waals surface area (Å²) in [5.41, 5.74) is 2.68. The third kappa shape index (κ3) is 4.18. The molecule has 0 saturated carbocycles. The van der Waals surface area contributed by atoms with Gasteiger partial charge in [-0.1, -0.05) is 12.1 Å². The highest BCUT2D eigenvalue weighted by Crippen LogP contribution is 2.23. The van der Waals surface area contributed by atoms with Crippen molar-refractivity contribution in [1.29, 1.82) is 0 Å². The molecule has 1 N–H and O–H groups in total. The Morgan fingerprint density at radius 2 is 1.68 bits per heavy atom. The molecular formula is C18H23N3O3S. The molecule has 0 atom stereocenters. The molecule has 0 aromatic heterocycles. The molecule has 0 saturated heterocycles. The lowest BCUT2D eigenvalue weighted by molar-refractivity contribution is 0.102. The molecule has 0 aliphatic rings. The Balaban J connectivity index is 2.34. The summed E-state index contributed by atoms with van der Waals surface area (Å²) in [4.78, 5) is 14.6. The molecule has 0 unspecified atom stereocenters. The van der Waals surface area contributed by atoms with Crippen LogP contribution in [0, 0.1) is 6.92 Å². The second-order valence-electron chi connectivity index (χ2n) is 6.16. The van der Waals surface area contributed by atoms with Crippen LogP contribution in [0.3, 0.4) is 0 Å². The number of sulfonamides is 1. The first-order chi connectivity index (χ1) is 11.6. The second-order valence-corrected chi connectivity index (χ2v) is 8.31. The molecule has 0 spiro atoms. The minimum Gasteiger partial charge on any atom is -0.378 e. The zero-order valence-electron chi connectivity index (χ0n) is 15.1. The molecule has 2 aromatic carbocycles. The molecule has 25 heavy (non-hydrogen) atoms. The van der Waals surface area contributed by atoms with Gasteiger partial charge in [0.25, 0.3) is 5.91 Å². The lowest BCUT2D eigenvalue weighted by Gasteiger charge is -2.15. The first kappa shape index (κ1) is 19.0. The van der Waals surface area contributed by atoms with Crippen LogP contribution in [0.1, 0.15) is 15.9 Å². The summed E-state index contributed by atoms with van der Waals surface area (Å²) in [7, 11) is 3.18. The summed E-state index contributed by atoms with van der Waals surface area (Å²) < 4.78 is 25.7. The van der Waals surface area contributed by atoms with Gasteiger partial charge in [0, 0.05) is 45.1 Å². The van der Waals surface area contributed by atoms with Crippen molar-refractivity contribution in [3.05, 3.63) is 53.6 Å². The van der Waals surface area contributed by atoms with Crippen LogP contribution in [-0.4, -0.2) is 46.8 Å². The van der Waals surface area contributed by atoms with Gasteiger partial charge >= 0.3 is 0 Å². The molecule has 1 amide bonds. The first-order valence-corrected chi connectivity index (χ1v) is 9.19. The number of rotatable bonds is 5. The van der Waals surface area contributed by atoms with Crippen molar-refractivity contribution in [3.63, 3.8) is 0 Å². The standard InChI is InChI=1S/C18H23N3O3S/c1-13-9-10-16(25(23,24)21(4)5)12-17(13)19-18(22)14-7-6-8-15(11-14)20(2)3/h6-12H,1-5H3,(H,19,22). The molecule has 0 bridgehead atoms. The van der Waals surface area contributed by atoms with E-state index in [1.165, 1.54) is 26.2 Å². The maximum Gasteiger partial charge on any atom is 0.255 e. The van der Waals surface area contributed by atoms with E-state index in [1.807, 2.05) is 38.1 Å². The van der Waals surface area contributed by atoms with Crippen molar-refractivity contribution < 1.29 is 13.2 Å². The van der Waals surface area contributed by atoms with Crippen molar-refractivity contribution in [2.45, 2.75) is 11.8 Å². The summed E-state index contributed by atoms with van der Waals surface area (Å²) in [6, 6.07) is 11.9. The van der Waals surface area contributed by atoms with Gasteiger partial charge in [-0.05, 0) is 42.8 Å². The maximum atomic E-state index is 12.5. The van der Waals surface area contributed by atoms with E-state index in [1.54, 1.807) is 18.2 Å². The number of hydrogen-bond acceptors (Lipinski definition) is 4. The third-order valence-electron chi connectivity index (χ3n) is 3.86. The van der Waals surface area contributed by atoms with Crippen LogP contribution in [0.4, 0.5) is 11.4 Å². The van der Waals surface area contributed by atoms with Gasteiger partial charge < -0.3 is 10.2 Å². The Bertz CT molecular complexity index is 890. The van der Waals surface area contributed by atoms with Gasteiger partial charge in [0.05, 0.1) is 4.90 Å². The highest BCUT2D eigenvalue weighted by molar-refractivity contribution is 7.89. The predicted octanol–water partition coefficient (Wildman–Crippen LogP) is 2.56. The molecule has 134 valence electrons. The smallest absolute Gasteiger partial charge is 0.255 e. The Morgan fingerprint density at radius 1 is 1.00 bits per heavy atom. The zero-order chi connectivity index (χ0) is 18.8. The molecule has 0 heterocycles. The molecule has 6 nitrogen and oxygen atoms in total. The Labute approximate surface area is 149 Å². The van der Waals surface area contributed by atoms with E-state index in [-0.39, 0.29) is 10.8 Å². The minimum absolute atomic E-state index is 0.139. The fraction of sp³-hybridized carbons (Fsp3) is 0.278. The van der Waals surface area contributed by atoms with E-state index in [0.717, 1.165) is 15.6 Å². The number of nitrogens with one attached hydrogen (secondary N) is 1. The van der Waals surface area contributed by atoms with Crippen molar-refractivity contribution in [2.75, 3.05) is 38.4 Å². The first-order valence-electron chi connectivity index (χ1n) is 7.75. The molecule has 0 fully saturated rings. The molecular weight excluding hydrogens is 338 g/mol. The summed E-state index contributed by atoms with van der Waals surface area (Å²) in [6.07, 6.45) is 0.